The van der Waals surface area contributed by atoms with E-state index in [1.165, 1.54) is 0 Å². The summed E-state index contributed by atoms with van der Waals surface area (Å²) in [6, 6.07) is 2.50. The molecule has 0 saturated carbocycles. The van der Waals surface area contributed by atoms with E-state index in [4.69, 9.17) is 0 Å². The van der Waals surface area contributed by atoms with E-state index in [9.17, 15) is 0 Å². The van der Waals surface area contributed by atoms with Crippen molar-refractivity contribution in [3.8, 4) is 0 Å². The van der Waals surface area contributed by atoms with Gasteiger partial charge < -0.3 is 10.2 Å². The van der Waals surface area contributed by atoms with Crippen LogP contribution in [-0.4, -0.2) is 36.6 Å². The van der Waals surface area contributed by atoms with Crippen LogP contribution in [0.2, 0.25) is 0 Å². The van der Waals surface area contributed by atoms with E-state index >= 15 is 0 Å². The van der Waals surface area contributed by atoms with E-state index in [1.807, 2.05) is 12.3 Å². The molecule has 3 nitrogen and oxygen atoms in total. The predicted octanol–water partition coefficient (Wildman–Crippen LogP) is 3.28. The molecule has 0 aliphatic carbocycles. The standard InChI is InChI=1S/C13H21Br2N3/c1-9(2)13(8-18(3)4)17-7-12-11(15)5-10(14)6-16-12/h5-6,9,13,17H,7-8H2,1-4H3. The number of likely N-dealkylation sites (N-methyl/N-ethyl adjacent to an activating group) is 1. The van der Waals surface area contributed by atoms with Gasteiger partial charge in [0.15, 0.2) is 0 Å². The van der Waals surface area contributed by atoms with Crippen molar-refractivity contribution in [1.82, 2.24) is 15.2 Å². The summed E-state index contributed by atoms with van der Waals surface area (Å²) < 4.78 is 2.03. The van der Waals surface area contributed by atoms with Crippen LogP contribution in [-0.2, 0) is 6.54 Å². The third-order valence-electron chi connectivity index (χ3n) is 2.78. The van der Waals surface area contributed by atoms with Gasteiger partial charge in [0.1, 0.15) is 0 Å². The first-order valence-corrected chi connectivity index (χ1v) is 7.66. The molecule has 0 aliphatic heterocycles. The van der Waals surface area contributed by atoms with E-state index in [2.05, 4.69) is 75.0 Å². The number of rotatable bonds is 6. The highest BCUT2D eigenvalue weighted by Crippen LogP contribution is 2.19. The Balaban J connectivity index is 2.61. The van der Waals surface area contributed by atoms with Crippen LogP contribution in [0.5, 0.6) is 0 Å². The SMILES string of the molecule is CC(C)C(CN(C)C)NCc1ncc(Br)cc1Br. The largest absolute Gasteiger partial charge is 0.308 e. The quantitative estimate of drug-likeness (QED) is 0.823. The molecule has 1 aromatic rings. The molecular weight excluding hydrogens is 358 g/mol. The van der Waals surface area contributed by atoms with Crippen LogP contribution in [0.1, 0.15) is 19.5 Å². The van der Waals surface area contributed by atoms with Crippen LogP contribution in [0.3, 0.4) is 0 Å². The van der Waals surface area contributed by atoms with E-state index in [-0.39, 0.29) is 0 Å². The maximum Gasteiger partial charge on any atom is 0.0684 e. The van der Waals surface area contributed by atoms with Gasteiger partial charge in [-0.2, -0.15) is 0 Å². The fourth-order valence-electron chi connectivity index (χ4n) is 1.71. The third kappa shape index (κ3) is 5.34. The van der Waals surface area contributed by atoms with Crippen molar-refractivity contribution in [3.05, 3.63) is 26.9 Å². The number of nitrogens with one attached hydrogen (secondary N) is 1. The predicted molar refractivity (Wildman–Crippen MR) is 83.7 cm³/mol. The first-order chi connectivity index (χ1) is 8.40. The Kier molecular flexibility index (Phi) is 6.77. The molecule has 0 saturated heterocycles. The number of aromatic nitrogens is 1. The van der Waals surface area contributed by atoms with Crippen LogP contribution in [0.4, 0.5) is 0 Å². The topological polar surface area (TPSA) is 28.2 Å². The van der Waals surface area contributed by atoms with Crippen LogP contribution in [0.25, 0.3) is 0 Å². The molecule has 0 aromatic carbocycles. The van der Waals surface area contributed by atoms with Crippen LogP contribution < -0.4 is 5.32 Å². The Morgan fingerprint density at radius 1 is 1.33 bits per heavy atom. The summed E-state index contributed by atoms with van der Waals surface area (Å²) in [5.74, 6) is 0.599. The lowest BCUT2D eigenvalue weighted by atomic mass is 10.0. The molecule has 1 rings (SSSR count). The lowest BCUT2D eigenvalue weighted by Crippen LogP contribution is -2.41. The molecule has 5 heteroatoms. The zero-order valence-electron chi connectivity index (χ0n) is 11.4. The minimum Gasteiger partial charge on any atom is -0.308 e. The summed E-state index contributed by atoms with van der Waals surface area (Å²) in [4.78, 5) is 6.63. The van der Waals surface area contributed by atoms with Crippen molar-refractivity contribution >= 4 is 31.9 Å². The Morgan fingerprint density at radius 2 is 2.00 bits per heavy atom. The summed E-state index contributed by atoms with van der Waals surface area (Å²) >= 11 is 6.95. The van der Waals surface area contributed by atoms with Gasteiger partial charge in [0.2, 0.25) is 0 Å². The molecule has 1 heterocycles. The molecule has 1 unspecified atom stereocenters. The highest BCUT2D eigenvalue weighted by atomic mass is 79.9. The van der Waals surface area contributed by atoms with Gasteiger partial charge in [-0.1, -0.05) is 13.8 Å². The van der Waals surface area contributed by atoms with Crippen molar-refractivity contribution in [2.45, 2.75) is 26.4 Å². The van der Waals surface area contributed by atoms with Gasteiger partial charge in [0.25, 0.3) is 0 Å². The summed E-state index contributed by atoms with van der Waals surface area (Å²) in [6.45, 7) is 6.30. The van der Waals surface area contributed by atoms with Gasteiger partial charge in [-0.05, 0) is 57.9 Å². The maximum atomic E-state index is 4.42. The van der Waals surface area contributed by atoms with Gasteiger partial charge in [-0.15, -0.1) is 0 Å². The lowest BCUT2D eigenvalue weighted by Gasteiger charge is -2.25. The zero-order chi connectivity index (χ0) is 13.7. The van der Waals surface area contributed by atoms with Crippen LogP contribution >= 0.6 is 31.9 Å². The second kappa shape index (κ2) is 7.58. The molecular formula is C13H21Br2N3. The average molecular weight is 379 g/mol. The number of halogens is 2. The molecule has 0 spiro atoms. The molecule has 0 aliphatic rings. The Bertz CT molecular complexity index is 380. The van der Waals surface area contributed by atoms with E-state index in [1.54, 1.807) is 0 Å². The minimum absolute atomic E-state index is 0.470. The molecule has 1 atom stereocenters. The summed E-state index contributed by atoms with van der Waals surface area (Å²) in [6.07, 6.45) is 1.83. The van der Waals surface area contributed by atoms with Gasteiger partial charge in [-0.3, -0.25) is 4.98 Å². The minimum atomic E-state index is 0.470. The smallest absolute Gasteiger partial charge is 0.0684 e. The molecule has 102 valence electrons. The number of hydrogen-bond acceptors (Lipinski definition) is 3. The van der Waals surface area contributed by atoms with Crippen molar-refractivity contribution in [2.75, 3.05) is 20.6 Å². The molecule has 0 radical (unpaired) electrons. The van der Waals surface area contributed by atoms with E-state index < -0.39 is 0 Å². The highest BCUT2D eigenvalue weighted by molar-refractivity contribution is 9.11. The number of nitrogens with zero attached hydrogens (tertiary/aromatic N) is 2. The van der Waals surface area contributed by atoms with Gasteiger partial charge in [0.05, 0.1) is 5.69 Å². The molecule has 1 N–H and O–H groups in total. The first-order valence-electron chi connectivity index (χ1n) is 6.08. The van der Waals surface area contributed by atoms with Crippen molar-refractivity contribution in [2.24, 2.45) is 5.92 Å². The summed E-state index contributed by atoms with van der Waals surface area (Å²) in [5, 5.41) is 3.58. The van der Waals surface area contributed by atoms with Crippen molar-refractivity contribution in [1.29, 1.82) is 0 Å². The molecule has 18 heavy (non-hydrogen) atoms. The highest BCUT2D eigenvalue weighted by Gasteiger charge is 2.14. The number of hydrogen-bond donors (Lipinski definition) is 1. The molecule has 0 bridgehead atoms. The molecule has 0 amide bonds. The van der Waals surface area contributed by atoms with Gasteiger partial charge >= 0.3 is 0 Å². The Morgan fingerprint density at radius 3 is 2.50 bits per heavy atom. The van der Waals surface area contributed by atoms with E-state index in [0.29, 0.717) is 12.0 Å². The fourth-order valence-corrected chi connectivity index (χ4v) is 2.83. The van der Waals surface area contributed by atoms with Crippen LogP contribution in [0, 0.1) is 5.92 Å². The lowest BCUT2D eigenvalue weighted by molar-refractivity contribution is 0.287. The first kappa shape index (κ1) is 16.1. The van der Waals surface area contributed by atoms with Gasteiger partial charge in [-0.25, -0.2) is 0 Å². The monoisotopic (exact) mass is 377 g/mol. The second-order valence-corrected chi connectivity index (χ2v) is 6.85. The summed E-state index contributed by atoms with van der Waals surface area (Å²) in [7, 11) is 4.20. The Hall–Kier alpha value is 0.0300. The van der Waals surface area contributed by atoms with Gasteiger partial charge in [0, 0.05) is 34.3 Å². The van der Waals surface area contributed by atoms with Crippen LogP contribution in [0.15, 0.2) is 21.2 Å². The molecule has 0 fully saturated rings. The second-order valence-electron chi connectivity index (χ2n) is 5.08. The zero-order valence-corrected chi connectivity index (χ0v) is 14.5. The Labute approximate surface area is 127 Å². The van der Waals surface area contributed by atoms with E-state index in [0.717, 1.165) is 27.7 Å². The molecule has 1 aromatic heterocycles. The maximum absolute atomic E-state index is 4.42. The number of pyridine rings is 1. The average Bonchev–Trinajstić information content (AvgIpc) is 2.25. The normalized spacial score (nSPS) is 13.3. The van der Waals surface area contributed by atoms with Crippen molar-refractivity contribution < 1.29 is 0 Å². The van der Waals surface area contributed by atoms with Crippen molar-refractivity contribution in [3.63, 3.8) is 0 Å². The summed E-state index contributed by atoms with van der Waals surface area (Å²) in [5.41, 5.74) is 1.04. The third-order valence-corrected chi connectivity index (χ3v) is 3.90. The fraction of sp³-hybridized carbons (Fsp3) is 0.615.